The van der Waals surface area contributed by atoms with E-state index in [1.165, 1.54) is 36.9 Å². The third-order valence-corrected chi connectivity index (χ3v) is 3.71. The molecule has 0 radical (unpaired) electrons. The Morgan fingerprint density at radius 3 is 2.48 bits per heavy atom. The lowest BCUT2D eigenvalue weighted by atomic mass is 10.2. The van der Waals surface area contributed by atoms with Crippen molar-refractivity contribution in [3.63, 3.8) is 0 Å². The number of nitrogens with one attached hydrogen (secondary N) is 3. The Labute approximate surface area is 149 Å². The van der Waals surface area contributed by atoms with E-state index in [0.29, 0.717) is 12.2 Å². The number of para-hydroxylation sites is 1. The van der Waals surface area contributed by atoms with Gasteiger partial charge in [0.2, 0.25) is 0 Å². The maximum atomic E-state index is 13.5. The van der Waals surface area contributed by atoms with E-state index in [1.807, 2.05) is 6.26 Å². The average Bonchev–Trinajstić information content (AvgIpc) is 2.57. The van der Waals surface area contributed by atoms with E-state index >= 15 is 0 Å². The van der Waals surface area contributed by atoms with E-state index in [0.717, 1.165) is 0 Å². The van der Waals surface area contributed by atoms with Crippen LogP contribution in [0.25, 0.3) is 0 Å². The van der Waals surface area contributed by atoms with Crippen molar-refractivity contribution in [2.24, 2.45) is 5.73 Å². The number of primary amides is 1. The highest BCUT2D eigenvalue weighted by Crippen LogP contribution is 2.16. The molecule has 0 unspecified atom stereocenters. The number of ether oxygens (including phenoxy) is 1. The number of amides is 4. The van der Waals surface area contributed by atoms with Gasteiger partial charge in [0.15, 0.2) is 17.7 Å². The first-order chi connectivity index (χ1) is 11.8. The number of thioether (sulfide) groups is 1. The number of carbonyl (C=O) groups is 3. The lowest BCUT2D eigenvalue weighted by Gasteiger charge is -2.19. The lowest BCUT2D eigenvalue weighted by Crippen LogP contribution is -2.55. The van der Waals surface area contributed by atoms with E-state index in [4.69, 9.17) is 10.5 Å². The summed E-state index contributed by atoms with van der Waals surface area (Å²) in [6.07, 6.45) is 1.14. The summed E-state index contributed by atoms with van der Waals surface area (Å²) in [6.45, 7) is 1.40. The minimum atomic E-state index is -1.05. The predicted molar refractivity (Wildman–Crippen MR) is 92.3 cm³/mol. The molecule has 0 aliphatic heterocycles. The maximum Gasteiger partial charge on any atom is 0.312 e. The van der Waals surface area contributed by atoms with Crippen molar-refractivity contribution in [1.82, 2.24) is 16.2 Å². The van der Waals surface area contributed by atoms with Crippen molar-refractivity contribution < 1.29 is 23.5 Å². The summed E-state index contributed by atoms with van der Waals surface area (Å²) in [6, 6.07) is 3.92. The van der Waals surface area contributed by atoms with Gasteiger partial charge < -0.3 is 15.8 Å². The number of hydrogen-bond donors (Lipinski definition) is 4. The molecule has 138 valence electrons. The topological polar surface area (TPSA) is 123 Å². The molecule has 0 heterocycles. The van der Waals surface area contributed by atoms with Crippen LogP contribution in [0.5, 0.6) is 5.75 Å². The molecule has 8 nitrogen and oxygen atoms in total. The van der Waals surface area contributed by atoms with Gasteiger partial charge >= 0.3 is 6.03 Å². The highest BCUT2D eigenvalue weighted by Gasteiger charge is 2.22. The Morgan fingerprint density at radius 1 is 1.24 bits per heavy atom. The fourth-order valence-electron chi connectivity index (χ4n) is 1.77. The maximum absolute atomic E-state index is 13.5. The molecule has 1 rings (SSSR count). The molecular formula is C15H21FN4O4S. The van der Waals surface area contributed by atoms with Gasteiger partial charge in [0.1, 0.15) is 6.04 Å². The van der Waals surface area contributed by atoms with Gasteiger partial charge in [-0.1, -0.05) is 12.1 Å². The zero-order valence-electron chi connectivity index (χ0n) is 13.9. The van der Waals surface area contributed by atoms with Gasteiger partial charge in [-0.3, -0.25) is 20.4 Å². The SMILES string of the molecule is CSCC[C@@H](NC(N)=O)C(=O)NNC(=O)[C@H](C)Oc1ccccc1F. The van der Waals surface area contributed by atoms with Crippen molar-refractivity contribution in [2.45, 2.75) is 25.5 Å². The Kier molecular flexibility index (Phi) is 8.54. The summed E-state index contributed by atoms with van der Waals surface area (Å²) < 4.78 is 18.7. The van der Waals surface area contributed by atoms with Crippen molar-refractivity contribution in [3.8, 4) is 5.75 Å². The summed E-state index contributed by atoms with van der Waals surface area (Å²) >= 11 is 1.49. The second-order valence-electron chi connectivity index (χ2n) is 5.01. The molecule has 1 aromatic rings. The van der Waals surface area contributed by atoms with Crippen LogP contribution in [0.3, 0.4) is 0 Å². The van der Waals surface area contributed by atoms with Gasteiger partial charge in [-0.15, -0.1) is 0 Å². The quantitative estimate of drug-likeness (QED) is 0.496. The normalized spacial score (nSPS) is 12.6. The van der Waals surface area contributed by atoms with Crippen molar-refractivity contribution in [3.05, 3.63) is 30.1 Å². The first-order valence-corrected chi connectivity index (χ1v) is 8.80. The standard InChI is InChI=1S/C15H21FN4O4S/c1-9(24-12-6-4-3-5-10(12)16)13(21)19-20-14(22)11(7-8-25-2)18-15(17)23/h3-6,9,11H,7-8H2,1-2H3,(H,19,21)(H,20,22)(H3,17,18,23)/t9-,11+/m0/s1. The molecule has 0 aliphatic rings. The van der Waals surface area contributed by atoms with E-state index in [1.54, 1.807) is 6.07 Å². The molecule has 0 aliphatic carbocycles. The number of hydrogen-bond acceptors (Lipinski definition) is 5. The molecule has 1 aromatic carbocycles. The molecule has 0 aromatic heterocycles. The Morgan fingerprint density at radius 2 is 1.88 bits per heavy atom. The van der Waals surface area contributed by atoms with Gasteiger partial charge in [-0.25, -0.2) is 9.18 Å². The van der Waals surface area contributed by atoms with Crippen molar-refractivity contribution >= 4 is 29.6 Å². The Balaban J connectivity index is 2.53. The Bertz CT molecular complexity index is 617. The summed E-state index contributed by atoms with van der Waals surface area (Å²) in [7, 11) is 0. The van der Waals surface area contributed by atoms with E-state index < -0.39 is 35.8 Å². The van der Waals surface area contributed by atoms with Crippen LogP contribution in [-0.2, 0) is 9.59 Å². The molecule has 4 amide bonds. The van der Waals surface area contributed by atoms with Gasteiger partial charge in [-0.05, 0) is 37.5 Å². The predicted octanol–water partition coefficient (Wildman–Crippen LogP) is 0.530. The number of rotatable bonds is 8. The number of benzene rings is 1. The van der Waals surface area contributed by atoms with Crippen LogP contribution in [0.1, 0.15) is 13.3 Å². The third-order valence-electron chi connectivity index (χ3n) is 3.06. The van der Waals surface area contributed by atoms with E-state index in [2.05, 4.69) is 16.2 Å². The summed E-state index contributed by atoms with van der Waals surface area (Å²) in [5, 5.41) is 2.30. The first kappa shape index (κ1) is 20.6. The molecule has 0 saturated heterocycles. The highest BCUT2D eigenvalue weighted by molar-refractivity contribution is 7.98. The zero-order chi connectivity index (χ0) is 18.8. The first-order valence-electron chi connectivity index (χ1n) is 7.41. The minimum Gasteiger partial charge on any atom is -0.478 e. The van der Waals surface area contributed by atoms with E-state index in [9.17, 15) is 18.8 Å². The summed E-state index contributed by atoms with van der Waals surface area (Å²) in [5.41, 5.74) is 9.38. The number of hydrazine groups is 1. The third kappa shape index (κ3) is 7.29. The summed E-state index contributed by atoms with van der Waals surface area (Å²) in [4.78, 5) is 34.9. The van der Waals surface area contributed by atoms with Crippen LogP contribution >= 0.6 is 11.8 Å². The van der Waals surface area contributed by atoms with Crippen molar-refractivity contribution in [1.29, 1.82) is 0 Å². The minimum absolute atomic E-state index is 0.0790. The fourth-order valence-corrected chi connectivity index (χ4v) is 2.24. The van der Waals surface area contributed by atoms with Gasteiger partial charge in [0.05, 0.1) is 0 Å². The molecule has 0 spiro atoms. The summed E-state index contributed by atoms with van der Waals surface area (Å²) in [5.74, 6) is -1.38. The van der Waals surface area contributed by atoms with Gasteiger partial charge in [0, 0.05) is 0 Å². The van der Waals surface area contributed by atoms with Crippen molar-refractivity contribution in [2.75, 3.05) is 12.0 Å². The molecular weight excluding hydrogens is 351 g/mol. The lowest BCUT2D eigenvalue weighted by molar-refractivity contribution is -0.133. The van der Waals surface area contributed by atoms with Crippen LogP contribution in [0.2, 0.25) is 0 Å². The average molecular weight is 372 g/mol. The molecule has 0 bridgehead atoms. The molecule has 25 heavy (non-hydrogen) atoms. The second-order valence-corrected chi connectivity index (χ2v) is 6.00. The monoisotopic (exact) mass is 372 g/mol. The molecule has 5 N–H and O–H groups in total. The van der Waals surface area contributed by atoms with E-state index in [-0.39, 0.29) is 5.75 Å². The van der Waals surface area contributed by atoms with Crippen LogP contribution in [0, 0.1) is 5.82 Å². The van der Waals surface area contributed by atoms with Gasteiger partial charge in [0.25, 0.3) is 11.8 Å². The fraction of sp³-hybridized carbons (Fsp3) is 0.400. The second kappa shape index (κ2) is 10.4. The molecule has 0 saturated carbocycles. The van der Waals surface area contributed by atoms with Crippen LogP contribution in [-0.4, -0.2) is 42.0 Å². The number of halogens is 1. The smallest absolute Gasteiger partial charge is 0.312 e. The number of urea groups is 1. The highest BCUT2D eigenvalue weighted by atomic mass is 32.2. The van der Waals surface area contributed by atoms with Crippen LogP contribution in [0.4, 0.5) is 9.18 Å². The van der Waals surface area contributed by atoms with Crippen LogP contribution < -0.4 is 26.6 Å². The van der Waals surface area contributed by atoms with Crippen LogP contribution in [0.15, 0.2) is 24.3 Å². The van der Waals surface area contributed by atoms with Gasteiger partial charge in [-0.2, -0.15) is 11.8 Å². The Hall–Kier alpha value is -2.49. The number of carbonyl (C=O) groups excluding carboxylic acids is 3. The largest absolute Gasteiger partial charge is 0.478 e. The molecule has 0 fully saturated rings. The molecule has 10 heteroatoms. The molecule has 2 atom stereocenters. The number of nitrogens with two attached hydrogens (primary N) is 1. The zero-order valence-corrected chi connectivity index (χ0v) is 14.7.